The summed E-state index contributed by atoms with van der Waals surface area (Å²) in [6.45, 7) is 1.21. The van der Waals surface area contributed by atoms with E-state index in [1.54, 1.807) is 0 Å². The first kappa shape index (κ1) is 11.3. The van der Waals surface area contributed by atoms with Gasteiger partial charge in [0.15, 0.2) is 0 Å². The molecule has 2 nitrogen and oxygen atoms in total. The van der Waals surface area contributed by atoms with E-state index in [-0.39, 0.29) is 23.7 Å². The fourth-order valence-corrected chi connectivity index (χ4v) is 1.53. The standard InChI is InChI=1S/C9H10ClF2NO/c1-5-8(9(11)12)6(3-10)2-7(4-14)13-5/h2,9,14H,3-4H2,1H3. The molecule has 0 saturated carbocycles. The van der Waals surface area contributed by atoms with Crippen LogP contribution in [0.2, 0.25) is 0 Å². The van der Waals surface area contributed by atoms with Gasteiger partial charge in [-0.25, -0.2) is 8.78 Å². The average Bonchev–Trinajstić information content (AvgIpc) is 2.15. The van der Waals surface area contributed by atoms with Gasteiger partial charge >= 0.3 is 0 Å². The van der Waals surface area contributed by atoms with Gasteiger partial charge in [0.1, 0.15) is 0 Å². The van der Waals surface area contributed by atoms with Gasteiger partial charge in [-0.2, -0.15) is 0 Å². The lowest BCUT2D eigenvalue weighted by Crippen LogP contribution is -2.03. The average molecular weight is 222 g/mol. The molecule has 0 spiro atoms. The highest BCUT2D eigenvalue weighted by Crippen LogP contribution is 2.27. The van der Waals surface area contributed by atoms with E-state index in [2.05, 4.69) is 4.98 Å². The Hall–Kier alpha value is -0.740. The Kier molecular flexibility index (Phi) is 3.77. The maximum Gasteiger partial charge on any atom is 0.265 e. The molecule has 5 heteroatoms. The number of hydrogen-bond acceptors (Lipinski definition) is 2. The number of alkyl halides is 3. The Labute approximate surface area is 85.5 Å². The second-order valence-corrected chi connectivity index (χ2v) is 3.13. The molecule has 14 heavy (non-hydrogen) atoms. The van der Waals surface area contributed by atoms with E-state index < -0.39 is 6.43 Å². The fraction of sp³-hybridized carbons (Fsp3) is 0.444. The molecule has 0 fully saturated rings. The van der Waals surface area contributed by atoms with Gasteiger partial charge in [0.25, 0.3) is 6.43 Å². The summed E-state index contributed by atoms with van der Waals surface area (Å²) in [6.07, 6.45) is -2.58. The Morgan fingerprint density at radius 3 is 2.64 bits per heavy atom. The van der Waals surface area contributed by atoms with Gasteiger partial charge in [-0.15, -0.1) is 11.6 Å². The molecule has 0 aromatic carbocycles. The van der Waals surface area contributed by atoms with Crippen LogP contribution in [0, 0.1) is 6.92 Å². The lowest BCUT2D eigenvalue weighted by atomic mass is 10.1. The number of aromatic nitrogens is 1. The van der Waals surface area contributed by atoms with Crippen LogP contribution in [0.5, 0.6) is 0 Å². The number of aliphatic hydroxyl groups is 1. The van der Waals surface area contributed by atoms with Crippen LogP contribution in [0.1, 0.15) is 28.9 Å². The van der Waals surface area contributed by atoms with E-state index >= 15 is 0 Å². The van der Waals surface area contributed by atoms with Gasteiger partial charge in [-0.3, -0.25) is 4.98 Å². The summed E-state index contributed by atoms with van der Waals surface area (Å²) < 4.78 is 25.1. The van der Waals surface area contributed by atoms with E-state index in [0.29, 0.717) is 11.3 Å². The second-order valence-electron chi connectivity index (χ2n) is 2.86. The maximum atomic E-state index is 12.5. The molecule has 0 amide bonds. The van der Waals surface area contributed by atoms with Gasteiger partial charge in [0.2, 0.25) is 0 Å². The molecule has 1 heterocycles. The Morgan fingerprint density at radius 1 is 1.57 bits per heavy atom. The Bertz CT molecular complexity index is 331. The smallest absolute Gasteiger partial charge is 0.265 e. The largest absolute Gasteiger partial charge is 0.390 e. The number of aliphatic hydroxyl groups excluding tert-OH is 1. The normalized spacial score (nSPS) is 11.0. The second kappa shape index (κ2) is 4.66. The summed E-state index contributed by atoms with van der Waals surface area (Å²) in [5.74, 6) is -0.00394. The van der Waals surface area contributed by atoms with Crippen molar-refractivity contribution >= 4 is 11.6 Å². The predicted octanol–water partition coefficient (Wildman–Crippen LogP) is 2.56. The van der Waals surface area contributed by atoms with E-state index in [1.165, 1.54) is 13.0 Å². The molecule has 0 aliphatic rings. The minimum atomic E-state index is -2.58. The summed E-state index contributed by atoms with van der Waals surface area (Å²) in [6, 6.07) is 1.40. The first-order chi connectivity index (χ1) is 6.60. The molecule has 1 N–H and O–H groups in total. The minimum absolute atomic E-state index is 0.00394. The highest BCUT2D eigenvalue weighted by molar-refractivity contribution is 6.17. The van der Waals surface area contributed by atoms with Crippen LogP contribution < -0.4 is 0 Å². The molecule has 0 radical (unpaired) electrons. The number of nitrogens with zero attached hydrogens (tertiary/aromatic N) is 1. The molecular formula is C9H10ClF2NO. The molecule has 1 aromatic rings. The van der Waals surface area contributed by atoms with Crippen molar-refractivity contribution in [1.29, 1.82) is 0 Å². The monoisotopic (exact) mass is 221 g/mol. The zero-order valence-corrected chi connectivity index (χ0v) is 8.35. The van der Waals surface area contributed by atoms with Gasteiger partial charge in [-0.1, -0.05) is 0 Å². The topological polar surface area (TPSA) is 33.1 Å². The van der Waals surface area contributed by atoms with Crippen LogP contribution >= 0.6 is 11.6 Å². The van der Waals surface area contributed by atoms with Crippen LogP contribution in [-0.2, 0) is 12.5 Å². The molecule has 0 bridgehead atoms. The highest BCUT2D eigenvalue weighted by atomic mass is 35.5. The van der Waals surface area contributed by atoms with Crippen molar-refractivity contribution in [2.75, 3.05) is 0 Å². The number of halogens is 3. The predicted molar refractivity (Wildman–Crippen MR) is 49.4 cm³/mol. The third kappa shape index (κ3) is 2.19. The Balaban J connectivity index is 3.27. The third-order valence-electron chi connectivity index (χ3n) is 1.91. The quantitative estimate of drug-likeness (QED) is 0.796. The van der Waals surface area contributed by atoms with Crippen molar-refractivity contribution in [3.8, 4) is 0 Å². The van der Waals surface area contributed by atoms with Crippen molar-refractivity contribution in [1.82, 2.24) is 4.98 Å². The molecular weight excluding hydrogens is 212 g/mol. The molecule has 0 atom stereocenters. The number of rotatable bonds is 3. The summed E-state index contributed by atoms with van der Waals surface area (Å²) in [7, 11) is 0. The lowest BCUT2D eigenvalue weighted by molar-refractivity contribution is 0.149. The molecule has 0 aliphatic heterocycles. The first-order valence-corrected chi connectivity index (χ1v) is 4.57. The number of hydrogen-bond donors (Lipinski definition) is 1. The Morgan fingerprint density at radius 2 is 2.21 bits per heavy atom. The van der Waals surface area contributed by atoms with Crippen molar-refractivity contribution < 1.29 is 13.9 Å². The zero-order valence-electron chi connectivity index (χ0n) is 7.60. The van der Waals surface area contributed by atoms with E-state index in [0.717, 1.165) is 0 Å². The first-order valence-electron chi connectivity index (χ1n) is 4.04. The minimum Gasteiger partial charge on any atom is -0.390 e. The van der Waals surface area contributed by atoms with Crippen molar-refractivity contribution in [2.24, 2.45) is 0 Å². The molecule has 1 aromatic heterocycles. The fourth-order valence-electron chi connectivity index (χ4n) is 1.31. The zero-order chi connectivity index (χ0) is 10.7. The van der Waals surface area contributed by atoms with Gasteiger partial charge in [0, 0.05) is 17.1 Å². The van der Waals surface area contributed by atoms with Crippen LogP contribution in [0.25, 0.3) is 0 Å². The summed E-state index contributed by atoms with van der Waals surface area (Å²) in [5, 5.41) is 8.82. The number of aryl methyl sites for hydroxylation is 1. The third-order valence-corrected chi connectivity index (χ3v) is 2.20. The highest BCUT2D eigenvalue weighted by Gasteiger charge is 2.17. The van der Waals surface area contributed by atoms with E-state index in [9.17, 15) is 8.78 Å². The maximum absolute atomic E-state index is 12.5. The summed E-state index contributed by atoms with van der Waals surface area (Å²) in [4.78, 5) is 3.83. The van der Waals surface area contributed by atoms with E-state index in [1.807, 2.05) is 0 Å². The lowest BCUT2D eigenvalue weighted by Gasteiger charge is -2.10. The van der Waals surface area contributed by atoms with Crippen LogP contribution in [0.4, 0.5) is 8.78 Å². The van der Waals surface area contributed by atoms with Crippen molar-refractivity contribution in [3.05, 3.63) is 28.6 Å². The summed E-state index contributed by atoms with van der Waals surface area (Å²) >= 11 is 5.53. The van der Waals surface area contributed by atoms with Gasteiger partial charge in [0.05, 0.1) is 12.3 Å². The molecule has 0 aliphatic carbocycles. The van der Waals surface area contributed by atoms with Gasteiger partial charge in [-0.05, 0) is 18.6 Å². The molecule has 0 saturated heterocycles. The van der Waals surface area contributed by atoms with E-state index in [4.69, 9.17) is 16.7 Å². The summed E-state index contributed by atoms with van der Waals surface area (Å²) in [5.41, 5.74) is 0.792. The van der Waals surface area contributed by atoms with Crippen LogP contribution in [0.15, 0.2) is 6.07 Å². The van der Waals surface area contributed by atoms with Gasteiger partial charge < -0.3 is 5.11 Å². The van der Waals surface area contributed by atoms with Crippen molar-refractivity contribution in [3.63, 3.8) is 0 Å². The molecule has 1 rings (SSSR count). The van der Waals surface area contributed by atoms with Crippen LogP contribution in [-0.4, -0.2) is 10.1 Å². The SMILES string of the molecule is Cc1nc(CO)cc(CCl)c1C(F)F. The van der Waals surface area contributed by atoms with Crippen LogP contribution in [0.3, 0.4) is 0 Å². The molecule has 0 unspecified atom stereocenters. The number of pyridine rings is 1. The molecule has 78 valence electrons. The van der Waals surface area contributed by atoms with Crippen molar-refractivity contribution in [2.45, 2.75) is 25.8 Å².